The average Bonchev–Trinajstić information content (AvgIpc) is 3.12. The maximum Gasteiger partial charge on any atom is 0.343 e. The van der Waals surface area contributed by atoms with Crippen molar-refractivity contribution in [1.82, 2.24) is 4.90 Å². The lowest BCUT2D eigenvalue weighted by atomic mass is 10.1. The summed E-state index contributed by atoms with van der Waals surface area (Å²) in [4.78, 5) is 27.8. The van der Waals surface area contributed by atoms with E-state index < -0.39 is 5.97 Å². The van der Waals surface area contributed by atoms with Crippen molar-refractivity contribution in [2.45, 2.75) is 19.9 Å². The van der Waals surface area contributed by atoms with Crippen LogP contribution in [0.1, 0.15) is 40.0 Å². The molecule has 1 fully saturated rings. The van der Waals surface area contributed by atoms with Crippen LogP contribution in [-0.4, -0.2) is 28.2 Å². The van der Waals surface area contributed by atoms with Gasteiger partial charge in [0, 0.05) is 0 Å². The molecule has 1 aliphatic rings. The highest BCUT2D eigenvalue weighted by Gasteiger charge is 2.35. The van der Waals surface area contributed by atoms with Crippen LogP contribution in [0.15, 0.2) is 77.7 Å². The molecule has 5 nitrogen and oxygen atoms in total. The number of ether oxygens (including phenoxy) is 2. The first-order valence-electron chi connectivity index (χ1n) is 10.7. The van der Waals surface area contributed by atoms with Crippen LogP contribution < -0.4 is 9.47 Å². The first-order valence-corrected chi connectivity index (χ1v) is 11.9. The van der Waals surface area contributed by atoms with Crippen molar-refractivity contribution in [2.24, 2.45) is 0 Å². The number of thiocarbonyl (C=S) groups is 1. The molecule has 1 unspecified atom stereocenters. The molecule has 1 amide bonds. The summed E-state index contributed by atoms with van der Waals surface area (Å²) in [6, 6.07) is 21.9. The minimum atomic E-state index is -0.471. The van der Waals surface area contributed by atoms with Gasteiger partial charge in [-0.1, -0.05) is 78.1 Å². The molecular formula is C27H23NO4S2. The van der Waals surface area contributed by atoms with Crippen molar-refractivity contribution in [1.29, 1.82) is 0 Å². The van der Waals surface area contributed by atoms with Crippen molar-refractivity contribution < 1.29 is 19.1 Å². The first kappa shape index (κ1) is 23.7. The van der Waals surface area contributed by atoms with Crippen LogP contribution in [-0.2, 0) is 4.79 Å². The maximum atomic E-state index is 13.1. The number of thioether (sulfide) groups is 1. The number of esters is 1. The quantitative estimate of drug-likeness (QED) is 0.178. The smallest absolute Gasteiger partial charge is 0.343 e. The van der Waals surface area contributed by atoms with E-state index in [1.807, 2.05) is 56.3 Å². The molecule has 4 rings (SSSR count). The van der Waals surface area contributed by atoms with Crippen LogP contribution in [0.4, 0.5) is 0 Å². The Labute approximate surface area is 208 Å². The van der Waals surface area contributed by atoms with Crippen LogP contribution in [0.5, 0.6) is 11.5 Å². The molecule has 0 aromatic heterocycles. The third-order valence-corrected chi connectivity index (χ3v) is 6.80. The second-order valence-electron chi connectivity index (χ2n) is 7.80. The van der Waals surface area contributed by atoms with E-state index in [1.54, 1.807) is 41.3 Å². The normalized spacial score (nSPS) is 15.5. The summed E-state index contributed by atoms with van der Waals surface area (Å²) in [5.74, 6) is 0.0832. The lowest BCUT2D eigenvalue weighted by Crippen LogP contribution is -2.30. The van der Waals surface area contributed by atoms with Gasteiger partial charge in [0.25, 0.3) is 5.91 Å². The largest absolute Gasteiger partial charge is 0.493 e. The van der Waals surface area contributed by atoms with Gasteiger partial charge in [-0.3, -0.25) is 9.69 Å². The van der Waals surface area contributed by atoms with Gasteiger partial charge >= 0.3 is 5.97 Å². The molecule has 3 aromatic carbocycles. The van der Waals surface area contributed by atoms with Gasteiger partial charge in [-0.25, -0.2) is 4.79 Å². The lowest BCUT2D eigenvalue weighted by Gasteiger charge is -2.23. The molecular weight excluding hydrogens is 466 g/mol. The number of amides is 1. The van der Waals surface area contributed by atoms with Crippen LogP contribution in [0, 0.1) is 6.92 Å². The zero-order valence-corrected chi connectivity index (χ0v) is 20.6. The summed E-state index contributed by atoms with van der Waals surface area (Å²) < 4.78 is 11.5. The van der Waals surface area contributed by atoms with Gasteiger partial charge in [0.1, 0.15) is 4.32 Å². The fourth-order valence-electron chi connectivity index (χ4n) is 3.55. The minimum absolute atomic E-state index is 0.139. The fraction of sp³-hybridized carbons (Fsp3) is 0.148. The van der Waals surface area contributed by atoms with E-state index in [4.69, 9.17) is 21.7 Å². The van der Waals surface area contributed by atoms with Crippen LogP contribution in [0.25, 0.3) is 6.08 Å². The third kappa shape index (κ3) is 5.05. The minimum Gasteiger partial charge on any atom is -0.493 e. The van der Waals surface area contributed by atoms with Gasteiger partial charge in [-0.2, -0.15) is 0 Å². The summed E-state index contributed by atoms with van der Waals surface area (Å²) in [7, 11) is 1.50. The van der Waals surface area contributed by atoms with E-state index in [0.29, 0.717) is 26.3 Å². The average molecular weight is 490 g/mol. The van der Waals surface area contributed by atoms with E-state index in [9.17, 15) is 9.59 Å². The molecule has 3 aromatic rings. The van der Waals surface area contributed by atoms with Crippen molar-refractivity contribution >= 4 is 46.3 Å². The Morgan fingerprint density at radius 1 is 1.03 bits per heavy atom. The van der Waals surface area contributed by atoms with Gasteiger partial charge < -0.3 is 9.47 Å². The zero-order valence-electron chi connectivity index (χ0n) is 19.0. The predicted molar refractivity (Wildman–Crippen MR) is 139 cm³/mol. The highest BCUT2D eigenvalue weighted by atomic mass is 32.2. The molecule has 1 aliphatic heterocycles. The van der Waals surface area contributed by atoms with E-state index in [2.05, 4.69) is 0 Å². The molecule has 0 N–H and O–H groups in total. The lowest BCUT2D eigenvalue weighted by molar-refractivity contribution is -0.123. The monoisotopic (exact) mass is 489 g/mol. The summed E-state index contributed by atoms with van der Waals surface area (Å²) >= 11 is 6.77. The molecule has 172 valence electrons. The Bertz CT molecular complexity index is 1270. The number of aryl methyl sites for hydroxylation is 1. The standard InChI is InChI=1S/C27H23NO4S2/c1-17-9-12-21(13-10-17)26(30)32-22-14-11-19(15-23(22)31-3)16-24-25(29)28(27(33)34-24)18(2)20-7-5-4-6-8-20/h4-16,18H,1-3H3/b24-16-. The zero-order chi connectivity index (χ0) is 24.2. The first-order chi connectivity index (χ1) is 16.4. The molecule has 0 radical (unpaired) electrons. The second-order valence-corrected chi connectivity index (χ2v) is 9.48. The summed E-state index contributed by atoms with van der Waals surface area (Å²) in [6.07, 6.45) is 1.77. The van der Waals surface area contributed by atoms with E-state index in [-0.39, 0.29) is 11.9 Å². The molecule has 1 atom stereocenters. The van der Waals surface area contributed by atoms with E-state index in [1.165, 1.54) is 18.9 Å². The molecule has 0 bridgehead atoms. The Morgan fingerprint density at radius 2 is 1.74 bits per heavy atom. The molecule has 1 heterocycles. The van der Waals surface area contributed by atoms with Gasteiger partial charge in [0.05, 0.1) is 23.6 Å². The van der Waals surface area contributed by atoms with E-state index in [0.717, 1.165) is 16.7 Å². The van der Waals surface area contributed by atoms with Gasteiger partial charge in [0.15, 0.2) is 11.5 Å². The van der Waals surface area contributed by atoms with Gasteiger partial charge in [-0.15, -0.1) is 0 Å². The van der Waals surface area contributed by atoms with E-state index >= 15 is 0 Å². The molecule has 0 saturated carbocycles. The fourth-order valence-corrected chi connectivity index (χ4v) is 4.97. The van der Waals surface area contributed by atoms with Crippen LogP contribution >= 0.6 is 24.0 Å². The molecule has 7 heteroatoms. The Kier molecular flexibility index (Phi) is 7.14. The molecule has 34 heavy (non-hydrogen) atoms. The SMILES string of the molecule is COc1cc(/C=C2\SC(=S)N(C(C)c3ccccc3)C2=O)ccc1OC(=O)c1ccc(C)cc1. The van der Waals surface area contributed by atoms with Crippen molar-refractivity contribution in [2.75, 3.05) is 7.11 Å². The summed E-state index contributed by atoms with van der Waals surface area (Å²) in [6.45, 7) is 3.91. The Morgan fingerprint density at radius 3 is 2.41 bits per heavy atom. The van der Waals surface area contributed by atoms with Crippen molar-refractivity contribution in [3.05, 3.63) is 100.0 Å². The number of carbonyl (C=O) groups excluding carboxylic acids is 2. The van der Waals surface area contributed by atoms with Crippen molar-refractivity contribution in [3.8, 4) is 11.5 Å². The Hall–Kier alpha value is -3.42. The number of nitrogens with zero attached hydrogens (tertiary/aromatic N) is 1. The van der Waals surface area contributed by atoms with Crippen molar-refractivity contribution in [3.63, 3.8) is 0 Å². The summed E-state index contributed by atoms with van der Waals surface area (Å²) in [5, 5.41) is 0. The molecule has 0 spiro atoms. The summed E-state index contributed by atoms with van der Waals surface area (Å²) in [5.41, 5.74) is 3.26. The topological polar surface area (TPSA) is 55.8 Å². The second kappa shape index (κ2) is 10.2. The maximum absolute atomic E-state index is 13.1. The van der Waals surface area contributed by atoms with Crippen LogP contribution in [0.2, 0.25) is 0 Å². The van der Waals surface area contributed by atoms with Gasteiger partial charge in [-0.05, 0) is 55.3 Å². The predicted octanol–water partition coefficient (Wildman–Crippen LogP) is 6.19. The number of hydrogen-bond donors (Lipinski definition) is 0. The number of benzene rings is 3. The van der Waals surface area contributed by atoms with Gasteiger partial charge in [0.2, 0.25) is 0 Å². The molecule has 1 saturated heterocycles. The number of rotatable bonds is 6. The highest BCUT2D eigenvalue weighted by Crippen LogP contribution is 2.39. The molecule has 0 aliphatic carbocycles. The number of methoxy groups -OCH3 is 1. The number of carbonyl (C=O) groups is 2. The third-order valence-electron chi connectivity index (χ3n) is 5.47. The number of hydrogen-bond acceptors (Lipinski definition) is 6. The van der Waals surface area contributed by atoms with Crippen LogP contribution in [0.3, 0.4) is 0 Å². The highest BCUT2D eigenvalue weighted by molar-refractivity contribution is 8.26. The Balaban J connectivity index is 1.54.